The highest BCUT2D eigenvalue weighted by molar-refractivity contribution is 5.89. The Labute approximate surface area is 139 Å². The maximum absolute atomic E-state index is 12.2. The van der Waals surface area contributed by atoms with E-state index in [0.29, 0.717) is 18.6 Å². The summed E-state index contributed by atoms with van der Waals surface area (Å²) in [6, 6.07) is 8.81. The van der Waals surface area contributed by atoms with E-state index in [1.54, 1.807) is 24.3 Å². The highest BCUT2D eigenvalue weighted by Gasteiger charge is 2.25. The van der Waals surface area contributed by atoms with Gasteiger partial charge < -0.3 is 9.47 Å². The fourth-order valence-corrected chi connectivity index (χ4v) is 2.14. The van der Waals surface area contributed by atoms with Gasteiger partial charge in [-0.1, -0.05) is 52.8 Å². The van der Waals surface area contributed by atoms with Gasteiger partial charge in [-0.2, -0.15) is 0 Å². The normalized spacial score (nSPS) is 12.8. The first-order chi connectivity index (χ1) is 10.7. The van der Waals surface area contributed by atoms with Crippen molar-refractivity contribution in [1.29, 1.82) is 0 Å². The molecule has 1 unspecified atom stereocenters. The Morgan fingerprint density at radius 3 is 2.22 bits per heavy atom. The lowest BCUT2D eigenvalue weighted by molar-refractivity contribution is -0.147. The second-order valence-corrected chi connectivity index (χ2v) is 7.44. The van der Waals surface area contributed by atoms with Gasteiger partial charge in [0.05, 0.1) is 18.6 Å². The molecule has 0 spiro atoms. The van der Waals surface area contributed by atoms with Crippen molar-refractivity contribution in [3.63, 3.8) is 0 Å². The zero-order valence-electron chi connectivity index (χ0n) is 14.8. The van der Waals surface area contributed by atoms with Crippen molar-refractivity contribution in [2.45, 2.75) is 53.6 Å². The minimum atomic E-state index is -0.484. The van der Waals surface area contributed by atoms with Gasteiger partial charge in [-0.15, -0.1) is 0 Å². The van der Waals surface area contributed by atoms with Crippen LogP contribution >= 0.6 is 0 Å². The van der Waals surface area contributed by atoms with Crippen LogP contribution in [-0.2, 0) is 14.3 Å². The van der Waals surface area contributed by atoms with Gasteiger partial charge in [0.1, 0.15) is 6.10 Å². The zero-order valence-corrected chi connectivity index (χ0v) is 14.8. The molecule has 0 saturated carbocycles. The van der Waals surface area contributed by atoms with E-state index in [-0.39, 0.29) is 23.7 Å². The van der Waals surface area contributed by atoms with Gasteiger partial charge in [-0.3, -0.25) is 4.79 Å². The van der Waals surface area contributed by atoms with Crippen molar-refractivity contribution >= 4 is 11.9 Å². The summed E-state index contributed by atoms with van der Waals surface area (Å²) in [6.45, 7) is 10.5. The first-order valence-corrected chi connectivity index (χ1v) is 8.09. The topological polar surface area (TPSA) is 52.6 Å². The molecule has 0 bridgehead atoms. The van der Waals surface area contributed by atoms with Gasteiger partial charge in [-0.05, 0) is 29.9 Å². The molecule has 0 saturated heterocycles. The Kier molecular flexibility index (Phi) is 7.27. The largest absolute Gasteiger partial charge is 0.465 e. The number of benzene rings is 1. The molecule has 128 valence electrons. The van der Waals surface area contributed by atoms with E-state index in [0.717, 1.165) is 0 Å². The van der Waals surface area contributed by atoms with E-state index >= 15 is 0 Å². The summed E-state index contributed by atoms with van der Waals surface area (Å²) in [5, 5.41) is 0. The minimum absolute atomic E-state index is 0.0556. The van der Waals surface area contributed by atoms with Crippen molar-refractivity contribution in [3.05, 3.63) is 35.9 Å². The van der Waals surface area contributed by atoms with Gasteiger partial charge in [-0.25, -0.2) is 4.79 Å². The predicted octanol–water partition coefficient (Wildman–Crippen LogP) is 4.24. The minimum Gasteiger partial charge on any atom is -0.465 e. The molecule has 1 aromatic carbocycles. The van der Waals surface area contributed by atoms with Crippen molar-refractivity contribution in [1.82, 2.24) is 0 Å². The number of carbonyl (C=O) groups is 2. The molecular formula is C19H28O4. The van der Waals surface area contributed by atoms with Gasteiger partial charge in [0.15, 0.2) is 0 Å². The van der Waals surface area contributed by atoms with Gasteiger partial charge in [0.25, 0.3) is 0 Å². The van der Waals surface area contributed by atoms with Gasteiger partial charge in [0.2, 0.25) is 0 Å². The molecule has 0 radical (unpaired) electrons. The summed E-state index contributed by atoms with van der Waals surface area (Å²) in [7, 11) is 0. The van der Waals surface area contributed by atoms with Crippen molar-refractivity contribution in [2.24, 2.45) is 11.3 Å². The summed E-state index contributed by atoms with van der Waals surface area (Å²) in [5.74, 6) is -0.447. The standard InChI is InChI=1S/C19H28O4/c1-14(2)13-22-17(20)11-16(12-19(3,4)5)23-18(21)15-9-7-6-8-10-15/h6-10,14,16H,11-13H2,1-5H3. The molecule has 0 aliphatic heterocycles. The highest BCUT2D eigenvalue weighted by Crippen LogP contribution is 2.25. The lowest BCUT2D eigenvalue weighted by Gasteiger charge is -2.25. The lowest BCUT2D eigenvalue weighted by Crippen LogP contribution is -2.27. The second kappa shape index (κ2) is 8.70. The van der Waals surface area contributed by atoms with E-state index in [4.69, 9.17) is 9.47 Å². The molecule has 23 heavy (non-hydrogen) atoms. The van der Waals surface area contributed by atoms with Crippen LogP contribution in [0.5, 0.6) is 0 Å². The van der Waals surface area contributed by atoms with Gasteiger partial charge in [0, 0.05) is 0 Å². The third-order valence-electron chi connectivity index (χ3n) is 3.10. The molecule has 0 aromatic heterocycles. The van der Waals surface area contributed by atoms with E-state index in [1.807, 2.05) is 19.9 Å². The Balaban J connectivity index is 2.69. The molecule has 0 amide bonds. The molecule has 4 nitrogen and oxygen atoms in total. The van der Waals surface area contributed by atoms with Crippen molar-refractivity contribution in [2.75, 3.05) is 6.61 Å². The number of carbonyl (C=O) groups excluding carboxylic acids is 2. The maximum atomic E-state index is 12.2. The van der Waals surface area contributed by atoms with E-state index in [1.165, 1.54) is 0 Å². The first-order valence-electron chi connectivity index (χ1n) is 8.09. The Bertz CT molecular complexity index is 500. The Morgan fingerprint density at radius 1 is 1.09 bits per heavy atom. The summed E-state index contributed by atoms with van der Waals surface area (Å²) in [6.07, 6.45) is 0.202. The number of ether oxygens (including phenoxy) is 2. The predicted molar refractivity (Wildman–Crippen MR) is 90.1 cm³/mol. The first kappa shape index (κ1) is 19.2. The molecule has 0 aliphatic rings. The average Bonchev–Trinajstić information content (AvgIpc) is 2.44. The van der Waals surface area contributed by atoms with Crippen LogP contribution in [0.25, 0.3) is 0 Å². The molecule has 4 heteroatoms. The third-order valence-corrected chi connectivity index (χ3v) is 3.10. The Morgan fingerprint density at radius 2 is 1.70 bits per heavy atom. The third kappa shape index (κ3) is 8.38. The van der Waals surface area contributed by atoms with Crippen LogP contribution in [-0.4, -0.2) is 24.6 Å². The SMILES string of the molecule is CC(C)COC(=O)CC(CC(C)(C)C)OC(=O)c1ccccc1. The fraction of sp³-hybridized carbons (Fsp3) is 0.579. The van der Waals surface area contributed by atoms with Crippen molar-refractivity contribution < 1.29 is 19.1 Å². The number of esters is 2. The second-order valence-electron chi connectivity index (χ2n) is 7.44. The van der Waals surface area contributed by atoms with E-state index < -0.39 is 12.1 Å². The highest BCUT2D eigenvalue weighted by atomic mass is 16.6. The van der Waals surface area contributed by atoms with Crippen LogP contribution in [0.15, 0.2) is 30.3 Å². The quantitative estimate of drug-likeness (QED) is 0.705. The summed E-state index contributed by atoms with van der Waals surface area (Å²) >= 11 is 0. The molecule has 0 aliphatic carbocycles. The zero-order chi connectivity index (χ0) is 17.5. The Hall–Kier alpha value is -1.84. The van der Waals surface area contributed by atoms with Crippen LogP contribution in [0.4, 0.5) is 0 Å². The molecular weight excluding hydrogens is 292 g/mol. The van der Waals surface area contributed by atoms with Crippen LogP contribution < -0.4 is 0 Å². The van der Waals surface area contributed by atoms with Crippen LogP contribution in [0, 0.1) is 11.3 Å². The average molecular weight is 320 g/mol. The summed E-state index contributed by atoms with van der Waals surface area (Å²) in [4.78, 5) is 24.2. The number of rotatable bonds is 7. The monoisotopic (exact) mass is 320 g/mol. The fourth-order valence-electron chi connectivity index (χ4n) is 2.14. The summed E-state index contributed by atoms with van der Waals surface area (Å²) in [5.41, 5.74) is 0.432. The van der Waals surface area contributed by atoms with Gasteiger partial charge >= 0.3 is 11.9 Å². The van der Waals surface area contributed by atoms with Crippen molar-refractivity contribution in [3.8, 4) is 0 Å². The molecule has 0 fully saturated rings. The van der Waals surface area contributed by atoms with Crippen LogP contribution in [0.1, 0.15) is 57.8 Å². The van der Waals surface area contributed by atoms with E-state index in [2.05, 4.69) is 20.8 Å². The van der Waals surface area contributed by atoms with Crippen LogP contribution in [0.2, 0.25) is 0 Å². The molecule has 0 N–H and O–H groups in total. The lowest BCUT2D eigenvalue weighted by atomic mass is 9.88. The molecule has 0 heterocycles. The smallest absolute Gasteiger partial charge is 0.338 e. The number of hydrogen-bond donors (Lipinski definition) is 0. The van der Waals surface area contributed by atoms with Crippen LogP contribution in [0.3, 0.4) is 0 Å². The van der Waals surface area contributed by atoms with E-state index in [9.17, 15) is 9.59 Å². The molecule has 1 atom stereocenters. The molecule has 1 aromatic rings. The number of hydrogen-bond acceptors (Lipinski definition) is 4. The molecule has 1 rings (SSSR count). The maximum Gasteiger partial charge on any atom is 0.338 e. The summed E-state index contributed by atoms with van der Waals surface area (Å²) < 4.78 is 10.8.